The number of nitrogens with zero attached hydrogens (tertiary/aromatic N) is 1. The molecular formula is C21H22N2O6S. The van der Waals surface area contributed by atoms with Gasteiger partial charge in [-0.3, -0.25) is 4.99 Å². The molecule has 0 aliphatic rings. The van der Waals surface area contributed by atoms with Crippen LogP contribution in [-0.4, -0.2) is 36.0 Å². The number of furan rings is 1. The molecule has 0 atom stereocenters. The van der Waals surface area contributed by atoms with Gasteiger partial charge in [0.25, 0.3) is 0 Å². The maximum Gasteiger partial charge on any atom is 0.240 e. The molecule has 0 saturated carbocycles. The van der Waals surface area contributed by atoms with Crippen molar-refractivity contribution in [1.29, 1.82) is 0 Å². The van der Waals surface area contributed by atoms with Crippen molar-refractivity contribution in [1.82, 2.24) is 4.72 Å². The maximum atomic E-state index is 12.4. The summed E-state index contributed by atoms with van der Waals surface area (Å²) in [6, 6.07) is 13.2. The Kier molecular flexibility index (Phi) is 6.76. The van der Waals surface area contributed by atoms with E-state index in [9.17, 15) is 8.42 Å². The monoisotopic (exact) mass is 430 g/mol. The molecule has 0 radical (unpaired) electrons. The SMILES string of the molecule is COc1cc(C=Nc2ccc(S(=O)(=O)NCc3ccco3)cc2)cc(OC)c1OC. The van der Waals surface area contributed by atoms with Crippen molar-refractivity contribution in [3.05, 3.63) is 66.1 Å². The molecule has 0 aliphatic carbocycles. The average molecular weight is 430 g/mol. The molecule has 1 heterocycles. The van der Waals surface area contributed by atoms with E-state index in [1.165, 1.54) is 39.7 Å². The molecule has 3 rings (SSSR count). The summed E-state index contributed by atoms with van der Waals surface area (Å²) in [6.07, 6.45) is 3.12. The Labute approximate surface area is 175 Å². The number of hydrogen-bond acceptors (Lipinski definition) is 7. The third-order valence-electron chi connectivity index (χ3n) is 4.21. The van der Waals surface area contributed by atoms with Crippen LogP contribution in [0, 0.1) is 0 Å². The Hall–Kier alpha value is -3.30. The normalized spacial score (nSPS) is 11.6. The molecule has 0 aliphatic heterocycles. The minimum atomic E-state index is -3.65. The maximum absolute atomic E-state index is 12.4. The van der Waals surface area contributed by atoms with Gasteiger partial charge in [-0.05, 0) is 48.5 Å². The molecular weight excluding hydrogens is 408 g/mol. The summed E-state index contributed by atoms with van der Waals surface area (Å²) in [5.41, 5.74) is 1.33. The van der Waals surface area contributed by atoms with Gasteiger partial charge in [0.05, 0.1) is 44.7 Å². The first kappa shape index (κ1) is 21.4. The first-order valence-corrected chi connectivity index (χ1v) is 10.4. The number of aliphatic imine (C=N–C) groups is 1. The lowest BCUT2D eigenvalue weighted by molar-refractivity contribution is 0.324. The summed E-state index contributed by atoms with van der Waals surface area (Å²) in [4.78, 5) is 4.53. The van der Waals surface area contributed by atoms with Crippen LogP contribution in [0.5, 0.6) is 17.2 Å². The van der Waals surface area contributed by atoms with Crippen LogP contribution < -0.4 is 18.9 Å². The zero-order valence-corrected chi connectivity index (χ0v) is 17.6. The minimum absolute atomic E-state index is 0.0797. The van der Waals surface area contributed by atoms with Gasteiger partial charge >= 0.3 is 0 Å². The topological polar surface area (TPSA) is 99.4 Å². The van der Waals surface area contributed by atoms with Gasteiger partial charge in [0, 0.05) is 11.8 Å². The quantitative estimate of drug-likeness (QED) is 0.522. The standard InChI is InChI=1S/C21H22N2O6S/c1-26-19-11-15(12-20(27-2)21(19)28-3)13-22-16-6-8-18(9-7-16)30(24,25)23-14-17-5-4-10-29-17/h4-13,23H,14H2,1-3H3. The first-order valence-electron chi connectivity index (χ1n) is 8.93. The van der Waals surface area contributed by atoms with Crippen molar-refractivity contribution in [3.8, 4) is 17.2 Å². The Balaban J connectivity index is 1.74. The highest BCUT2D eigenvalue weighted by atomic mass is 32.2. The summed E-state index contributed by atoms with van der Waals surface area (Å²) >= 11 is 0. The molecule has 2 aromatic carbocycles. The zero-order valence-electron chi connectivity index (χ0n) is 16.8. The van der Waals surface area contributed by atoms with Gasteiger partial charge < -0.3 is 18.6 Å². The number of nitrogens with one attached hydrogen (secondary N) is 1. The summed E-state index contributed by atoms with van der Waals surface area (Å²) in [5, 5.41) is 0. The number of sulfonamides is 1. The average Bonchev–Trinajstić information content (AvgIpc) is 3.29. The Morgan fingerprint density at radius 1 is 1.00 bits per heavy atom. The van der Waals surface area contributed by atoms with Crippen molar-refractivity contribution >= 4 is 21.9 Å². The summed E-state index contributed by atoms with van der Waals surface area (Å²) in [5.74, 6) is 2.06. The molecule has 0 amide bonds. The zero-order chi connectivity index (χ0) is 21.6. The summed E-state index contributed by atoms with van der Waals surface area (Å²) < 4.78 is 48.4. The smallest absolute Gasteiger partial charge is 0.240 e. The predicted molar refractivity (Wildman–Crippen MR) is 113 cm³/mol. The van der Waals surface area contributed by atoms with Gasteiger partial charge in [0.2, 0.25) is 15.8 Å². The Bertz CT molecular complexity index is 1080. The number of ether oxygens (including phenoxy) is 3. The summed E-state index contributed by atoms with van der Waals surface area (Å²) in [6.45, 7) is 0.0797. The molecule has 0 bridgehead atoms. The lowest BCUT2D eigenvalue weighted by Gasteiger charge is -2.12. The minimum Gasteiger partial charge on any atom is -0.493 e. The van der Waals surface area contributed by atoms with E-state index in [0.29, 0.717) is 28.7 Å². The molecule has 158 valence electrons. The van der Waals surface area contributed by atoms with Gasteiger partial charge in [0.1, 0.15) is 5.76 Å². The van der Waals surface area contributed by atoms with Crippen LogP contribution >= 0.6 is 0 Å². The van der Waals surface area contributed by atoms with E-state index in [1.54, 1.807) is 42.6 Å². The predicted octanol–water partition coefficient (Wildman–Crippen LogP) is 3.53. The van der Waals surface area contributed by atoms with Crippen molar-refractivity contribution in [2.75, 3.05) is 21.3 Å². The molecule has 8 nitrogen and oxygen atoms in total. The van der Waals surface area contributed by atoms with Crippen molar-refractivity contribution in [2.24, 2.45) is 4.99 Å². The van der Waals surface area contributed by atoms with E-state index in [4.69, 9.17) is 18.6 Å². The van der Waals surface area contributed by atoms with Crippen LogP contribution in [0.25, 0.3) is 0 Å². The highest BCUT2D eigenvalue weighted by Gasteiger charge is 2.14. The fourth-order valence-corrected chi connectivity index (χ4v) is 3.69. The molecule has 0 unspecified atom stereocenters. The van der Waals surface area contributed by atoms with E-state index in [2.05, 4.69) is 9.71 Å². The first-order chi connectivity index (χ1) is 14.5. The van der Waals surface area contributed by atoms with Crippen LogP contribution in [-0.2, 0) is 16.6 Å². The molecule has 0 fully saturated rings. The van der Waals surface area contributed by atoms with Gasteiger partial charge in [-0.1, -0.05) is 0 Å². The molecule has 0 saturated heterocycles. The van der Waals surface area contributed by atoms with Crippen LogP contribution in [0.15, 0.2) is 69.1 Å². The molecule has 3 aromatic rings. The largest absolute Gasteiger partial charge is 0.493 e. The third-order valence-corrected chi connectivity index (χ3v) is 5.63. The van der Waals surface area contributed by atoms with E-state index in [1.807, 2.05) is 0 Å². The van der Waals surface area contributed by atoms with Crippen LogP contribution in [0.1, 0.15) is 11.3 Å². The molecule has 9 heteroatoms. The van der Waals surface area contributed by atoms with E-state index in [0.717, 1.165) is 5.56 Å². The highest BCUT2D eigenvalue weighted by molar-refractivity contribution is 7.89. The van der Waals surface area contributed by atoms with Crippen molar-refractivity contribution in [2.45, 2.75) is 11.4 Å². The Morgan fingerprint density at radius 3 is 2.20 bits per heavy atom. The van der Waals surface area contributed by atoms with Crippen LogP contribution in [0.3, 0.4) is 0 Å². The lowest BCUT2D eigenvalue weighted by Crippen LogP contribution is -2.22. The number of benzene rings is 2. The lowest BCUT2D eigenvalue weighted by atomic mass is 10.2. The Morgan fingerprint density at radius 2 is 1.67 bits per heavy atom. The molecule has 0 spiro atoms. The second-order valence-corrected chi connectivity index (χ2v) is 7.88. The van der Waals surface area contributed by atoms with E-state index >= 15 is 0 Å². The molecule has 30 heavy (non-hydrogen) atoms. The fraction of sp³-hybridized carbons (Fsp3) is 0.190. The van der Waals surface area contributed by atoms with Gasteiger partial charge in [-0.2, -0.15) is 0 Å². The van der Waals surface area contributed by atoms with Crippen molar-refractivity contribution in [3.63, 3.8) is 0 Å². The second-order valence-electron chi connectivity index (χ2n) is 6.11. The van der Waals surface area contributed by atoms with Gasteiger partial charge in [-0.25, -0.2) is 13.1 Å². The molecule has 1 aromatic heterocycles. The third kappa shape index (κ3) is 5.00. The highest BCUT2D eigenvalue weighted by Crippen LogP contribution is 2.37. The van der Waals surface area contributed by atoms with Crippen LogP contribution in [0.2, 0.25) is 0 Å². The second kappa shape index (κ2) is 9.47. The van der Waals surface area contributed by atoms with E-state index < -0.39 is 10.0 Å². The van der Waals surface area contributed by atoms with Crippen molar-refractivity contribution < 1.29 is 27.0 Å². The summed E-state index contributed by atoms with van der Waals surface area (Å²) in [7, 11) is 0.958. The van der Waals surface area contributed by atoms with Gasteiger partial charge in [-0.15, -0.1) is 0 Å². The van der Waals surface area contributed by atoms with Crippen LogP contribution in [0.4, 0.5) is 5.69 Å². The number of hydrogen-bond donors (Lipinski definition) is 1. The van der Waals surface area contributed by atoms with E-state index in [-0.39, 0.29) is 11.4 Å². The number of methoxy groups -OCH3 is 3. The fourth-order valence-electron chi connectivity index (χ4n) is 2.70. The van der Waals surface area contributed by atoms with Gasteiger partial charge in [0.15, 0.2) is 11.5 Å². The number of rotatable bonds is 9. The molecule has 1 N–H and O–H groups in total.